The highest BCUT2D eigenvalue weighted by Gasteiger charge is 2.33. The molecular formula is C29H31BrN2O5S. The third kappa shape index (κ3) is 5.35. The molecule has 0 saturated heterocycles. The first-order valence-electron chi connectivity index (χ1n) is 12.5. The van der Waals surface area contributed by atoms with Gasteiger partial charge in [-0.2, -0.15) is 0 Å². The Bertz CT molecular complexity index is 1570. The quantitative estimate of drug-likeness (QED) is 0.337. The standard InChI is InChI=1S/C29H31BrN2O5S/c1-7-36-23-13-20(21(30)15-22(23)35-6)14-24-27(33)32-26(19-11-9-18(10-12-19)16(3)4)25(28(34)37-8-2)17(5)31-29(32)38-24/h9-16,26H,7-8H2,1-6H3/b24-14+/t26-/m0/s1. The monoisotopic (exact) mass is 598 g/mol. The number of allylic oxidation sites excluding steroid dienone is 1. The third-order valence-electron chi connectivity index (χ3n) is 6.31. The number of halogens is 1. The SMILES string of the molecule is CCOC(=O)C1=C(C)N=c2s/c(=C/c3cc(OCC)c(OC)cc3Br)c(=O)n2[C@H]1c1ccc(C(C)C)cc1. The molecule has 0 bridgehead atoms. The summed E-state index contributed by atoms with van der Waals surface area (Å²) in [5.74, 6) is 1.07. The molecule has 200 valence electrons. The molecule has 3 aromatic rings. The van der Waals surface area contributed by atoms with Gasteiger partial charge in [0.25, 0.3) is 5.56 Å². The van der Waals surface area contributed by atoms with Crippen molar-refractivity contribution in [3.8, 4) is 11.5 Å². The van der Waals surface area contributed by atoms with Crippen molar-refractivity contribution >= 4 is 39.3 Å². The second-order valence-corrected chi connectivity index (χ2v) is 10.9. The number of hydrogen-bond donors (Lipinski definition) is 0. The number of methoxy groups -OCH3 is 1. The minimum absolute atomic E-state index is 0.229. The van der Waals surface area contributed by atoms with Crippen molar-refractivity contribution in [2.24, 2.45) is 4.99 Å². The Labute approximate surface area is 234 Å². The molecule has 0 unspecified atom stereocenters. The van der Waals surface area contributed by atoms with Crippen LogP contribution in [0.3, 0.4) is 0 Å². The average molecular weight is 600 g/mol. The van der Waals surface area contributed by atoms with E-state index in [1.165, 1.54) is 16.9 Å². The highest BCUT2D eigenvalue weighted by Crippen LogP contribution is 2.34. The van der Waals surface area contributed by atoms with E-state index in [1.54, 1.807) is 31.6 Å². The summed E-state index contributed by atoms with van der Waals surface area (Å²) in [6.07, 6.45) is 1.80. The van der Waals surface area contributed by atoms with E-state index in [2.05, 4.69) is 34.8 Å². The number of benzene rings is 2. The van der Waals surface area contributed by atoms with Crippen LogP contribution < -0.4 is 24.4 Å². The number of ether oxygens (including phenoxy) is 3. The molecule has 1 atom stereocenters. The van der Waals surface area contributed by atoms with Gasteiger partial charge in [0.1, 0.15) is 0 Å². The lowest BCUT2D eigenvalue weighted by atomic mass is 9.93. The molecule has 38 heavy (non-hydrogen) atoms. The van der Waals surface area contributed by atoms with Gasteiger partial charge in [0.2, 0.25) is 0 Å². The average Bonchev–Trinajstić information content (AvgIpc) is 3.19. The largest absolute Gasteiger partial charge is 0.493 e. The Kier molecular flexibility index (Phi) is 8.57. The van der Waals surface area contributed by atoms with Gasteiger partial charge in [-0.25, -0.2) is 9.79 Å². The maximum absolute atomic E-state index is 13.9. The lowest BCUT2D eigenvalue weighted by Gasteiger charge is -2.25. The van der Waals surface area contributed by atoms with Crippen LogP contribution in [0.4, 0.5) is 0 Å². The number of fused-ring (bicyclic) bond motifs is 1. The second-order valence-electron chi connectivity index (χ2n) is 9.08. The number of rotatable bonds is 8. The van der Waals surface area contributed by atoms with Gasteiger partial charge in [-0.1, -0.05) is 65.4 Å². The van der Waals surface area contributed by atoms with E-state index in [-0.39, 0.29) is 12.2 Å². The maximum atomic E-state index is 13.9. The number of esters is 1. The first kappa shape index (κ1) is 27.9. The molecule has 0 spiro atoms. The van der Waals surface area contributed by atoms with Gasteiger partial charge in [0.15, 0.2) is 16.3 Å². The molecule has 0 N–H and O–H groups in total. The smallest absolute Gasteiger partial charge is 0.338 e. The van der Waals surface area contributed by atoms with E-state index >= 15 is 0 Å². The number of aromatic nitrogens is 1. The minimum atomic E-state index is -0.646. The van der Waals surface area contributed by atoms with E-state index in [9.17, 15) is 9.59 Å². The molecule has 0 aliphatic carbocycles. The molecular weight excluding hydrogens is 568 g/mol. The van der Waals surface area contributed by atoms with Crippen LogP contribution in [0.2, 0.25) is 0 Å². The van der Waals surface area contributed by atoms with Crippen molar-refractivity contribution in [3.63, 3.8) is 0 Å². The number of hydrogen-bond acceptors (Lipinski definition) is 7. The molecule has 0 fully saturated rings. The summed E-state index contributed by atoms with van der Waals surface area (Å²) < 4.78 is 19.4. The van der Waals surface area contributed by atoms with Gasteiger partial charge in [0.05, 0.1) is 42.2 Å². The highest BCUT2D eigenvalue weighted by molar-refractivity contribution is 9.10. The van der Waals surface area contributed by atoms with Crippen molar-refractivity contribution < 1.29 is 19.0 Å². The third-order valence-corrected chi connectivity index (χ3v) is 7.97. The van der Waals surface area contributed by atoms with Crippen LogP contribution in [0.1, 0.15) is 63.3 Å². The van der Waals surface area contributed by atoms with E-state index < -0.39 is 12.0 Å². The molecule has 2 heterocycles. The molecule has 1 aliphatic rings. The first-order valence-corrected chi connectivity index (χ1v) is 14.1. The second kappa shape index (κ2) is 11.7. The molecule has 4 rings (SSSR count). The zero-order valence-electron chi connectivity index (χ0n) is 22.3. The van der Waals surface area contributed by atoms with Crippen molar-refractivity contribution in [2.45, 2.75) is 46.6 Å². The Hall–Kier alpha value is -3.17. The fraction of sp³-hybridized carbons (Fsp3) is 0.345. The van der Waals surface area contributed by atoms with Gasteiger partial charge < -0.3 is 14.2 Å². The van der Waals surface area contributed by atoms with Crippen LogP contribution >= 0.6 is 27.3 Å². The molecule has 7 nitrogen and oxygen atoms in total. The van der Waals surface area contributed by atoms with Crippen molar-refractivity contribution in [1.29, 1.82) is 0 Å². The molecule has 2 aromatic carbocycles. The topological polar surface area (TPSA) is 79.1 Å². The molecule has 1 aliphatic heterocycles. The Morgan fingerprint density at radius 2 is 1.87 bits per heavy atom. The summed E-state index contributed by atoms with van der Waals surface area (Å²) in [5, 5.41) is 0. The van der Waals surface area contributed by atoms with E-state index in [0.717, 1.165) is 15.6 Å². The Morgan fingerprint density at radius 3 is 2.47 bits per heavy atom. The van der Waals surface area contributed by atoms with Crippen LogP contribution in [-0.4, -0.2) is 30.9 Å². The molecule has 1 aromatic heterocycles. The highest BCUT2D eigenvalue weighted by atomic mass is 79.9. The summed E-state index contributed by atoms with van der Waals surface area (Å²) in [7, 11) is 1.58. The lowest BCUT2D eigenvalue weighted by molar-refractivity contribution is -0.139. The Balaban J connectivity index is 1.93. The maximum Gasteiger partial charge on any atom is 0.338 e. The van der Waals surface area contributed by atoms with Gasteiger partial charge >= 0.3 is 5.97 Å². The summed E-state index contributed by atoms with van der Waals surface area (Å²) in [4.78, 5) is 32.2. The van der Waals surface area contributed by atoms with Crippen LogP contribution in [0, 0.1) is 0 Å². The van der Waals surface area contributed by atoms with Crippen LogP contribution in [0.15, 0.2) is 61.9 Å². The van der Waals surface area contributed by atoms with Gasteiger partial charge in [-0.15, -0.1) is 0 Å². The van der Waals surface area contributed by atoms with Gasteiger partial charge in [-0.3, -0.25) is 9.36 Å². The zero-order chi connectivity index (χ0) is 27.6. The summed E-state index contributed by atoms with van der Waals surface area (Å²) >= 11 is 4.87. The number of carbonyl (C=O) groups excluding carboxylic acids is 1. The van der Waals surface area contributed by atoms with Crippen LogP contribution in [0.25, 0.3) is 6.08 Å². The lowest BCUT2D eigenvalue weighted by Crippen LogP contribution is -2.39. The normalized spacial score (nSPS) is 15.4. The number of thiazole rings is 1. The number of nitrogens with zero attached hydrogens (tertiary/aromatic N) is 2. The zero-order valence-corrected chi connectivity index (χ0v) is 24.7. The van der Waals surface area contributed by atoms with E-state index in [1.807, 2.05) is 43.3 Å². The molecule has 9 heteroatoms. The molecule has 0 radical (unpaired) electrons. The van der Waals surface area contributed by atoms with E-state index in [4.69, 9.17) is 14.2 Å². The first-order chi connectivity index (χ1) is 18.2. The van der Waals surface area contributed by atoms with Crippen molar-refractivity contribution in [3.05, 3.63) is 88.5 Å². The van der Waals surface area contributed by atoms with Gasteiger partial charge in [0, 0.05) is 4.47 Å². The molecule has 0 amide bonds. The summed E-state index contributed by atoms with van der Waals surface area (Å²) in [5.41, 5.74) is 3.43. The molecule has 0 saturated carbocycles. The Morgan fingerprint density at radius 1 is 1.16 bits per heavy atom. The fourth-order valence-electron chi connectivity index (χ4n) is 4.40. The summed E-state index contributed by atoms with van der Waals surface area (Å²) in [6, 6.07) is 11.0. The number of carbonyl (C=O) groups is 1. The van der Waals surface area contributed by atoms with Crippen LogP contribution in [-0.2, 0) is 9.53 Å². The van der Waals surface area contributed by atoms with Crippen molar-refractivity contribution in [1.82, 2.24) is 4.57 Å². The fourth-order valence-corrected chi connectivity index (χ4v) is 5.87. The minimum Gasteiger partial charge on any atom is -0.493 e. The van der Waals surface area contributed by atoms with Gasteiger partial charge in [-0.05, 0) is 61.6 Å². The van der Waals surface area contributed by atoms with Crippen LogP contribution in [0.5, 0.6) is 11.5 Å². The predicted octanol–water partition coefficient (Wildman–Crippen LogP) is 5.09. The van der Waals surface area contributed by atoms with Crippen molar-refractivity contribution in [2.75, 3.05) is 20.3 Å². The predicted molar refractivity (Wildman–Crippen MR) is 153 cm³/mol. The summed E-state index contributed by atoms with van der Waals surface area (Å²) in [6.45, 7) is 10.4. The van der Waals surface area contributed by atoms with E-state index in [0.29, 0.717) is 44.6 Å².